The van der Waals surface area contributed by atoms with Gasteiger partial charge in [0.15, 0.2) is 0 Å². The number of rotatable bonds is 4. The molecule has 0 aromatic heterocycles. The molecule has 5 nitrogen and oxygen atoms in total. The maximum atomic E-state index is 11.9. The molecule has 0 spiro atoms. The molecule has 0 aliphatic carbocycles. The van der Waals surface area contributed by atoms with Gasteiger partial charge in [-0.3, -0.25) is 9.59 Å². The van der Waals surface area contributed by atoms with Crippen LogP contribution in [0.4, 0.5) is 0 Å². The second-order valence-electron chi connectivity index (χ2n) is 5.91. The summed E-state index contributed by atoms with van der Waals surface area (Å²) in [6.45, 7) is 8.98. The molecule has 0 aromatic rings. The average molecular weight is 269 g/mol. The number of hydrogen-bond donors (Lipinski definition) is 2. The van der Waals surface area contributed by atoms with E-state index in [1.165, 1.54) is 0 Å². The minimum atomic E-state index is -0.171. The second-order valence-corrected chi connectivity index (χ2v) is 5.91. The fraction of sp³-hybridized carbons (Fsp3) is 0.857. The molecule has 0 aromatic carbocycles. The van der Waals surface area contributed by atoms with E-state index in [-0.39, 0.29) is 35.7 Å². The second kappa shape index (κ2) is 6.89. The number of piperidine rings is 1. The van der Waals surface area contributed by atoms with Gasteiger partial charge < -0.3 is 16.0 Å². The highest BCUT2D eigenvalue weighted by atomic mass is 16.2. The normalized spacial score (nSPS) is 20.2. The van der Waals surface area contributed by atoms with Gasteiger partial charge in [0.2, 0.25) is 11.8 Å². The van der Waals surface area contributed by atoms with E-state index in [1.807, 2.05) is 32.6 Å². The van der Waals surface area contributed by atoms with Gasteiger partial charge in [0.25, 0.3) is 0 Å². The van der Waals surface area contributed by atoms with Gasteiger partial charge in [-0.05, 0) is 19.8 Å². The molecular formula is C14H27N3O2. The Labute approximate surface area is 115 Å². The summed E-state index contributed by atoms with van der Waals surface area (Å²) < 4.78 is 0. The number of carbonyl (C=O) groups excluding carboxylic acids is 2. The Morgan fingerprint density at radius 1 is 1.16 bits per heavy atom. The van der Waals surface area contributed by atoms with Crippen LogP contribution in [0.2, 0.25) is 0 Å². The maximum Gasteiger partial charge on any atom is 0.225 e. The molecule has 3 N–H and O–H groups in total. The van der Waals surface area contributed by atoms with E-state index in [0.717, 1.165) is 25.9 Å². The summed E-state index contributed by atoms with van der Waals surface area (Å²) in [4.78, 5) is 25.6. The van der Waals surface area contributed by atoms with Gasteiger partial charge >= 0.3 is 0 Å². The van der Waals surface area contributed by atoms with Crippen molar-refractivity contribution in [3.63, 3.8) is 0 Å². The lowest BCUT2D eigenvalue weighted by atomic mass is 10.00. The summed E-state index contributed by atoms with van der Waals surface area (Å²) >= 11 is 0. The van der Waals surface area contributed by atoms with E-state index in [9.17, 15) is 9.59 Å². The van der Waals surface area contributed by atoms with Crippen molar-refractivity contribution in [2.24, 2.45) is 17.6 Å². The monoisotopic (exact) mass is 269 g/mol. The third kappa shape index (κ3) is 4.49. The molecule has 1 saturated heterocycles. The third-order valence-electron chi connectivity index (χ3n) is 3.85. The number of likely N-dealkylation sites (tertiary alicyclic amines) is 1. The Morgan fingerprint density at radius 2 is 1.68 bits per heavy atom. The first-order valence-corrected chi connectivity index (χ1v) is 7.17. The Morgan fingerprint density at radius 3 is 2.11 bits per heavy atom. The molecule has 2 unspecified atom stereocenters. The lowest BCUT2D eigenvalue weighted by Gasteiger charge is -2.34. The van der Waals surface area contributed by atoms with Crippen LogP contribution in [0.1, 0.15) is 40.5 Å². The van der Waals surface area contributed by atoms with Crippen molar-refractivity contribution < 1.29 is 9.59 Å². The molecule has 1 aliphatic rings. The molecule has 0 saturated carbocycles. The van der Waals surface area contributed by atoms with Crippen molar-refractivity contribution in [3.05, 3.63) is 0 Å². The maximum absolute atomic E-state index is 11.9. The van der Waals surface area contributed by atoms with Crippen molar-refractivity contribution in [3.8, 4) is 0 Å². The molecule has 1 heterocycles. The highest BCUT2D eigenvalue weighted by molar-refractivity contribution is 5.79. The number of nitrogens with two attached hydrogens (primary N) is 1. The van der Waals surface area contributed by atoms with Crippen molar-refractivity contribution in [2.45, 2.75) is 52.6 Å². The van der Waals surface area contributed by atoms with Crippen LogP contribution in [0.5, 0.6) is 0 Å². The van der Waals surface area contributed by atoms with Crippen LogP contribution in [-0.4, -0.2) is 41.9 Å². The quantitative estimate of drug-likeness (QED) is 0.790. The number of carbonyl (C=O) groups is 2. The smallest absolute Gasteiger partial charge is 0.225 e. The molecule has 5 heteroatoms. The van der Waals surface area contributed by atoms with Gasteiger partial charge in [0.05, 0.1) is 0 Å². The van der Waals surface area contributed by atoms with Crippen LogP contribution in [0, 0.1) is 11.8 Å². The fourth-order valence-electron chi connectivity index (χ4n) is 2.18. The minimum Gasteiger partial charge on any atom is -0.353 e. The van der Waals surface area contributed by atoms with Crippen molar-refractivity contribution >= 4 is 11.8 Å². The molecule has 110 valence electrons. The van der Waals surface area contributed by atoms with Crippen molar-refractivity contribution in [2.75, 3.05) is 13.1 Å². The number of hydrogen-bond acceptors (Lipinski definition) is 3. The Hall–Kier alpha value is -1.10. The summed E-state index contributed by atoms with van der Waals surface area (Å²) in [5, 5.41) is 3.03. The van der Waals surface area contributed by atoms with Gasteiger partial charge in [-0.2, -0.15) is 0 Å². The van der Waals surface area contributed by atoms with Gasteiger partial charge in [0.1, 0.15) is 0 Å². The van der Waals surface area contributed by atoms with Crippen LogP contribution < -0.4 is 11.1 Å². The Bertz CT molecular complexity index is 321. The predicted octanol–water partition coefficient (Wildman–Crippen LogP) is 0.733. The van der Waals surface area contributed by atoms with E-state index >= 15 is 0 Å². The van der Waals surface area contributed by atoms with E-state index in [2.05, 4.69) is 5.32 Å². The Balaban J connectivity index is 2.38. The third-order valence-corrected chi connectivity index (χ3v) is 3.85. The standard InChI is InChI=1S/C14H27N3O2/c1-9(2)14(19)17-7-5-12(6-8-17)16-13(18)10(3)11(4)15/h9-12H,5-8,15H2,1-4H3,(H,16,18). The number of amides is 2. The molecular weight excluding hydrogens is 242 g/mol. The van der Waals surface area contributed by atoms with E-state index in [0.29, 0.717) is 0 Å². The zero-order chi connectivity index (χ0) is 14.6. The van der Waals surface area contributed by atoms with Gasteiger partial charge in [-0.25, -0.2) is 0 Å². The average Bonchev–Trinajstić information content (AvgIpc) is 2.37. The first-order valence-electron chi connectivity index (χ1n) is 7.17. The van der Waals surface area contributed by atoms with E-state index in [1.54, 1.807) is 0 Å². The highest BCUT2D eigenvalue weighted by Crippen LogP contribution is 2.14. The van der Waals surface area contributed by atoms with Crippen molar-refractivity contribution in [1.82, 2.24) is 10.2 Å². The number of nitrogens with one attached hydrogen (secondary N) is 1. The predicted molar refractivity (Wildman–Crippen MR) is 75.4 cm³/mol. The largest absolute Gasteiger partial charge is 0.353 e. The summed E-state index contributed by atoms with van der Waals surface area (Å²) in [7, 11) is 0. The van der Waals surface area contributed by atoms with Crippen LogP contribution in [0.15, 0.2) is 0 Å². The van der Waals surface area contributed by atoms with E-state index < -0.39 is 0 Å². The molecule has 2 amide bonds. The molecule has 1 fully saturated rings. The molecule has 1 aliphatic heterocycles. The highest BCUT2D eigenvalue weighted by Gasteiger charge is 2.26. The Kier molecular flexibility index (Phi) is 5.79. The lowest BCUT2D eigenvalue weighted by molar-refractivity contribution is -0.135. The van der Waals surface area contributed by atoms with Crippen LogP contribution in [0.3, 0.4) is 0 Å². The van der Waals surface area contributed by atoms with Gasteiger partial charge in [0, 0.05) is 37.0 Å². The summed E-state index contributed by atoms with van der Waals surface area (Å²) in [6.07, 6.45) is 1.66. The van der Waals surface area contributed by atoms with E-state index in [4.69, 9.17) is 5.73 Å². The van der Waals surface area contributed by atoms with Gasteiger partial charge in [-0.1, -0.05) is 20.8 Å². The zero-order valence-electron chi connectivity index (χ0n) is 12.5. The van der Waals surface area contributed by atoms with Crippen LogP contribution in [0.25, 0.3) is 0 Å². The minimum absolute atomic E-state index is 0.0173. The number of nitrogens with zero attached hydrogens (tertiary/aromatic N) is 1. The van der Waals surface area contributed by atoms with Crippen LogP contribution in [-0.2, 0) is 9.59 Å². The molecule has 1 rings (SSSR count). The van der Waals surface area contributed by atoms with Crippen molar-refractivity contribution in [1.29, 1.82) is 0 Å². The summed E-state index contributed by atoms with van der Waals surface area (Å²) in [5.74, 6) is 0.0944. The molecule has 19 heavy (non-hydrogen) atoms. The first kappa shape index (κ1) is 16.0. The summed E-state index contributed by atoms with van der Waals surface area (Å²) in [6, 6.07) is 0.0347. The first-order chi connectivity index (χ1) is 8.82. The fourth-order valence-corrected chi connectivity index (χ4v) is 2.18. The zero-order valence-corrected chi connectivity index (χ0v) is 12.5. The molecule has 0 bridgehead atoms. The molecule has 0 radical (unpaired) electrons. The van der Waals surface area contributed by atoms with Gasteiger partial charge in [-0.15, -0.1) is 0 Å². The SMILES string of the molecule is CC(C)C(=O)N1CCC(NC(=O)C(C)C(C)N)CC1. The lowest BCUT2D eigenvalue weighted by Crippen LogP contribution is -2.49. The summed E-state index contributed by atoms with van der Waals surface area (Å²) in [5.41, 5.74) is 5.72. The topological polar surface area (TPSA) is 75.4 Å². The molecule has 2 atom stereocenters. The van der Waals surface area contributed by atoms with Crippen LogP contribution >= 0.6 is 0 Å².